The Morgan fingerprint density at radius 2 is 1.70 bits per heavy atom. The van der Waals surface area contributed by atoms with E-state index >= 15 is 0 Å². The van der Waals surface area contributed by atoms with Crippen LogP contribution in [0.2, 0.25) is 0 Å². The molecule has 180 valence electrons. The van der Waals surface area contributed by atoms with Gasteiger partial charge in [0.25, 0.3) is 0 Å². The Labute approximate surface area is 215 Å². The fourth-order valence-corrected chi connectivity index (χ4v) is 4.00. The predicted octanol–water partition coefficient (Wildman–Crippen LogP) is 4.34. The number of carbonyl (C=O) groups excluding carboxylic acids is 1. The normalized spacial score (nSPS) is 14.5. The zero-order valence-corrected chi connectivity index (χ0v) is 22.1. The first-order valence-electron chi connectivity index (χ1n) is 11.6. The third-order valence-corrected chi connectivity index (χ3v) is 5.89. The molecule has 0 saturated carbocycles. The number of ether oxygens (including phenoxy) is 1. The van der Waals surface area contributed by atoms with Crippen molar-refractivity contribution >= 4 is 35.8 Å². The van der Waals surface area contributed by atoms with Gasteiger partial charge in [-0.05, 0) is 42.4 Å². The fraction of sp³-hybridized carbons (Fsp3) is 0.462. The van der Waals surface area contributed by atoms with Crippen molar-refractivity contribution in [2.75, 3.05) is 26.7 Å². The minimum atomic E-state index is 0. The third-order valence-electron chi connectivity index (χ3n) is 5.89. The Bertz CT molecular complexity index is 868. The number of nitrogens with one attached hydrogen (secondary N) is 2. The van der Waals surface area contributed by atoms with Crippen molar-refractivity contribution in [2.24, 2.45) is 10.9 Å². The van der Waals surface area contributed by atoms with Crippen LogP contribution in [0.1, 0.15) is 42.9 Å². The lowest BCUT2D eigenvalue weighted by Gasteiger charge is -2.34. The Hall–Kier alpha value is -2.13. The lowest BCUT2D eigenvalue weighted by Crippen LogP contribution is -2.46. The first-order chi connectivity index (χ1) is 15.7. The molecule has 0 radical (unpaired) electrons. The van der Waals surface area contributed by atoms with Gasteiger partial charge in [-0.25, -0.2) is 4.99 Å². The van der Waals surface area contributed by atoms with Crippen molar-refractivity contribution < 1.29 is 9.53 Å². The van der Waals surface area contributed by atoms with Crippen LogP contribution in [0.15, 0.2) is 59.6 Å². The SMILES string of the molecule is CCNC(=NCc1ccccc1COCc1ccccc1)N1CCC(CC(=O)NC)CC1.I. The van der Waals surface area contributed by atoms with Crippen LogP contribution in [0.25, 0.3) is 0 Å². The summed E-state index contributed by atoms with van der Waals surface area (Å²) in [7, 11) is 1.71. The molecule has 1 fully saturated rings. The molecule has 1 aliphatic heterocycles. The number of benzene rings is 2. The molecule has 6 nitrogen and oxygen atoms in total. The number of likely N-dealkylation sites (tertiary alicyclic amines) is 1. The van der Waals surface area contributed by atoms with Crippen molar-refractivity contribution in [1.82, 2.24) is 15.5 Å². The second kappa shape index (κ2) is 14.9. The number of piperidine rings is 1. The van der Waals surface area contributed by atoms with E-state index in [2.05, 4.69) is 58.9 Å². The van der Waals surface area contributed by atoms with E-state index < -0.39 is 0 Å². The van der Waals surface area contributed by atoms with E-state index in [0.29, 0.717) is 32.1 Å². The fourth-order valence-electron chi connectivity index (χ4n) is 4.00. The lowest BCUT2D eigenvalue weighted by molar-refractivity contribution is -0.121. The third kappa shape index (κ3) is 8.97. The largest absolute Gasteiger partial charge is 0.372 e. The number of hydrogen-bond donors (Lipinski definition) is 2. The molecular weight excluding hydrogens is 527 g/mol. The van der Waals surface area contributed by atoms with Gasteiger partial charge in [0.05, 0.1) is 19.8 Å². The molecule has 1 heterocycles. The van der Waals surface area contributed by atoms with Crippen LogP contribution in [0.4, 0.5) is 0 Å². The van der Waals surface area contributed by atoms with Crippen LogP contribution in [-0.4, -0.2) is 43.4 Å². The molecule has 0 aromatic heterocycles. The Balaban J connectivity index is 0.00000385. The molecule has 0 unspecified atom stereocenters. The van der Waals surface area contributed by atoms with Crippen LogP contribution in [0.3, 0.4) is 0 Å². The first-order valence-corrected chi connectivity index (χ1v) is 11.6. The molecule has 0 aliphatic carbocycles. The topological polar surface area (TPSA) is 66.0 Å². The zero-order valence-electron chi connectivity index (χ0n) is 19.8. The van der Waals surface area contributed by atoms with Gasteiger partial charge in [0, 0.05) is 33.1 Å². The van der Waals surface area contributed by atoms with Gasteiger partial charge in [-0.3, -0.25) is 4.79 Å². The van der Waals surface area contributed by atoms with Crippen LogP contribution in [-0.2, 0) is 29.3 Å². The predicted molar refractivity (Wildman–Crippen MR) is 145 cm³/mol. The number of rotatable bonds is 9. The molecule has 2 aromatic carbocycles. The van der Waals surface area contributed by atoms with Crippen molar-refractivity contribution in [3.63, 3.8) is 0 Å². The van der Waals surface area contributed by atoms with Gasteiger partial charge in [0.15, 0.2) is 5.96 Å². The van der Waals surface area contributed by atoms with E-state index in [1.165, 1.54) is 16.7 Å². The molecule has 33 heavy (non-hydrogen) atoms. The molecule has 1 saturated heterocycles. The second-order valence-corrected chi connectivity index (χ2v) is 8.22. The van der Waals surface area contributed by atoms with E-state index in [-0.39, 0.29) is 29.9 Å². The van der Waals surface area contributed by atoms with Crippen molar-refractivity contribution in [2.45, 2.75) is 45.9 Å². The van der Waals surface area contributed by atoms with Crippen LogP contribution in [0.5, 0.6) is 0 Å². The summed E-state index contributed by atoms with van der Waals surface area (Å²) in [6, 6.07) is 18.6. The summed E-state index contributed by atoms with van der Waals surface area (Å²) in [4.78, 5) is 18.9. The van der Waals surface area contributed by atoms with Gasteiger partial charge in [0.1, 0.15) is 0 Å². The van der Waals surface area contributed by atoms with Gasteiger partial charge >= 0.3 is 0 Å². The van der Waals surface area contributed by atoms with Crippen LogP contribution < -0.4 is 10.6 Å². The summed E-state index contributed by atoms with van der Waals surface area (Å²) in [6.07, 6.45) is 2.65. The molecule has 3 rings (SSSR count). The molecule has 2 aromatic rings. The summed E-state index contributed by atoms with van der Waals surface area (Å²) < 4.78 is 5.96. The number of amides is 1. The van der Waals surface area contributed by atoms with Gasteiger partial charge in [-0.1, -0.05) is 54.6 Å². The van der Waals surface area contributed by atoms with Crippen LogP contribution >= 0.6 is 24.0 Å². The molecule has 1 aliphatic rings. The van der Waals surface area contributed by atoms with E-state index in [9.17, 15) is 4.79 Å². The molecule has 0 atom stereocenters. The Kier molecular flexibility index (Phi) is 12.2. The number of guanidine groups is 1. The van der Waals surface area contributed by atoms with E-state index in [1.54, 1.807) is 7.05 Å². The Morgan fingerprint density at radius 1 is 1.03 bits per heavy atom. The van der Waals surface area contributed by atoms with E-state index in [1.807, 2.05) is 18.2 Å². The maximum Gasteiger partial charge on any atom is 0.220 e. The van der Waals surface area contributed by atoms with Crippen LogP contribution in [0, 0.1) is 5.92 Å². The molecule has 0 bridgehead atoms. The zero-order chi connectivity index (χ0) is 22.6. The quantitative estimate of drug-likeness (QED) is 0.270. The smallest absolute Gasteiger partial charge is 0.220 e. The standard InChI is InChI=1S/C26H36N4O2.HI/c1-3-28-26(30-15-13-21(14-16-30)17-25(31)27-2)29-18-23-11-7-8-12-24(23)20-32-19-22-9-5-4-6-10-22;/h4-12,21H,3,13-20H2,1-2H3,(H,27,31)(H,28,29);1H. The molecule has 2 N–H and O–H groups in total. The highest BCUT2D eigenvalue weighted by molar-refractivity contribution is 14.0. The van der Waals surface area contributed by atoms with Crippen molar-refractivity contribution in [3.05, 3.63) is 71.3 Å². The first kappa shape index (κ1) is 27.1. The number of hydrogen-bond acceptors (Lipinski definition) is 3. The highest BCUT2D eigenvalue weighted by Crippen LogP contribution is 2.21. The maximum atomic E-state index is 11.7. The van der Waals surface area contributed by atoms with Gasteiger partial charge in [-0.2, -0.15) is 0 Å². The summed E-state index contributed by atoms with van der Waals surface area (Å²) in [6.45, 7) is 6.57. The molecule has 0 spiro atoms. The minimum Gasteiger partial charge on any atom is -0.372 e. The van der Waals surface area contributed by atoms with E-state index in [4.69, 9.17) is 9.73 Å². The highest BCUT2D eigenvalue weighted by Gasteiger charge is 2.23. The Morgan fingerprint density at radius 3 is 2.36 bits per heavy atom. The number of aliphatic imine (C=N–C) groups is 1. The summed E-state index contributed by atoms with van der Waals surface area (Å²) in [5.74, 6) is 1.54. The molecular formula is C26H37IN4O2. The number of nitrogens with zero attached hydrogens (tertiary/aromatic N) is 2. The average molecular weight is 565 g/mol. The lowest BCUT2D eigenvalue weighted by atomic mass is 9.93. The van der Waals surface area contributed by atoms with Crippen molar-refractivity contribution in [1.29, 1.82) is 0 Å². The second-order valence-electron chi connectivity index (χ2n) is 8.22. The van der Waals surface area contributed by atoms with Gasteiger partial charge < -0.3 is 20.3 Å². The van der Waals surface area contributed by atoms with Gasteiger partial charge in [-0.15, -0.1) is 24.0 Å². The molecule has 7 heteroatoms. The summed E-state index contributed by atoms with van der Waals surface area (Å²) in [5, 5.41) is 6.17. The van der Waals surface area contributed by atoms with E-state index in [0.717, 1.165) is 38.4 Å². The number of halogens is 1. The molecule has 1 amide bonds. The highest BCUT2D eigenvalue weighted by atomic mass is 127. The minimum absolute atomic E-state index is 0. The average Bonchev–Trinajstić information content (AvgIpc) is 2.83. The van der Waals surface area contributed by atoms with Crippen molar-refractivity contribution in [3.8, 4) is 0 Å². The number of carbonyl (C=O) groups is 1. The summed E-state index contributed by atoms with van der Waals surface area (Å²) >= 11 is 0. The monoisotopic (exact) mass is 564 g/mol. The summed E-state index contributed by atoms with van der Waals surface area (Å²) in [5.41, 5.74) is 3.54. The van der Waals surface area contributed by atoms with Gasteiger partial charge in [0.2, 0.25) is 5.91 Å². The maximum absolute atomic E-state index is 11.7.